The summed E-state index contributed by atoms with van der Waals surface area (Å²) in [5, 5.41) is 39.3. The lowest BCUT2D eigenvalue weighted by Crippen LogP contribution is -2.43. The molecule has 1 unspecified atom stereocenters. The zero-order valence-electron chi connectivity index (χ0n) is 85.7. The SMILES string of the molecule is C.C.CCCCCCCCCCCCCCCCCC(=O)Cl.CCCCCCCCCCCCCCCCCC(=O)NCC(CNC(=O)CCCCCCCCCCCCCCCCC)OP(OCCC#N)N(C(C)C)C(C)C.CCCCCCCCCCCCCCCCCC(=O)NCC(O)CNC(=O)CCCCCCCCCCCCCCCCC.NCC(O)CN. The van der Waals surface area contributed by atoms with Crippen molar-refractivity contribution in [2.75, 3.05) is 45.9 Å². The first-order chi connectivity index (χ1) is 61.9. The second-order valence-corrected chi connectivity index (χ2v) is 40.0. The minimum atomic E-state index is -1.49. The van der Waals surface area contributed by atoms with Gasteiger partial charge in [-0.1, -0.05) is 499 Å². The van der Waals surface area contributed by atoms with E-state index in [2.05, 4.69) is 94.3 Å². The lowest BCUT2D eigenvalue weighted by atomic mass is 10.0. The van der Waals surface area contributed by atoms with Gasteiger partial charge in [-0.2, -0.15) is 5.26 Å². The van der Waals surface area contributed by atoms with E-state index < -0.39 is 26.8 Å². The molecule has 0 aromatic heterocycles. The van der Waals surface area contributed by atoms with E-state index in [1.165, 1.54) is 417 Å². The first-order valence-corrected chi connectivity index (χ1v) is 56.7. The average molecular weight is 1870 g/mol. The second-order valence-electron chi connectivity index (χ2n) is 38.1. The molecule has 0 bridgehead atoms. The fourth-order valence-electron chi connectivity index (χ4n) is 16.3. The number of nitriles is 1. The predicted octanol–water partition coefficient (Wildman–Crippen LogP) is 32.1. The van der Waals surface area contributed by atoms with Gasteiger partial charge in [0.15, 0.2) is 0 Å². The normalized spacial score (nSPS) is 11.4. The second kappa shape index (κ2) is 118. The number of unbranched alkanes of at least 4 members (excludes halogenated alkanes) is 70. The van der Waals surface area contributed by atoms with Crippen molar-refractivity contribution in [1.29, 1.82) is 5.26 Å². The summed E-state index contributed by atoms with van der Waals surface area (Å²) in [5.74, 6) is 0.0641. The third kappa shape index (κ3) is 118. The highest BCUT2D eigenvalue weighted by molar-refractivity contribution is 7.44. The summed E-state index contributed by atoms with van der Waals surface area (Å²) in [7, 11) is -1.49. The van der Waals surface area contributed by atoms with E-state index in [0.717, 1.165) is 64.2 Å². The van der Waals surface area contributed by atoms with E-state index in [1.54, 1.807) is 0 Å². The topological polar surface area (TPSA) is 271 Å². The van der Waals surface area contributed by atoms with Crippen molar-refractivity contribution < 1.29 is 43.2 Å². The van der Waals surface area contributed by atoms with E-state index >= 15 is 0 Å². The van der Waals surface area contributed by atoms with E-state index in [4.69, 9.17) is 42.5 Å². The monoisotopic (exact) mass is 1870 g/mol. The van der Waals surface area contributed by atoms with Gasteiger partial charge in [-0.25, -0.2) is 4.67 Å². The van der Waals surface area contributed by atoms with Gasteiger partial charge in [0, 0.05) is 83.5 Å². The van der Waals surface area contributed by atoms with Crippen LogP contribution in [0.1, 0.15) is 597 Å². The maximum absolute atomic E-state index is 12.9. The van der Waals surface area contributed by atoms with Gasteiger partial charge >= 0.3 is 0 Å². The van der Waals surface area contributed by atoms with Crippen LogP contribution in [0.4, 0.5) is 0 Å². The first kappa shape index (κ1) is 137. The lowest BCUT2D eigenvalue weighted by Gasteiger charge is -2.37. The third-order valence-corrected chi connectivity index (χ3v) is 26.9. The molecule has 0 aliphatic heterocycles. The fourth-order valence-corrected chi connectivity index (χ4v) is 18.1. The molecule has 0 heterocycles. The van der Waals surface area contributed by atoms with Crippen LogP contribution in [0.5, 0.6) is 0 Å². The van der Waals surface area contributed by atoms with Crippen LogP contribution < -0.4 is 32.7 Å². The Morgan fingerprint density at radius 1 is 0.310 bits per heavy atom. The van der Waals surface area contributed by atoms with Crippen LogP contribution in [0.3, 0.4) is 0 Å². The van der Waals surface area contributed by atoms with Crippen molar-refractivity contribution in [3.8, 4) is 6.07 Å². The molecule has 10 N–H and O–H groups in total. The van der Waals surface area contributed by atoms with Gasteiger partial charge in [-0.05, 0) is 71.4 Å². The zero-order valence-corrected chi connectivity index (χ0v) is 87.4. The number of rotatable bonds is 98. The van der Waals surface area contributed by atoms with Crippen molar-refractivity contribution in [1.82, 2.24) is 25.9 Å². The molecule has 4 amide bonds. The Bertz CT molecular complexity index is 2150. The highest BCUT2D eigenvalue weighted by atomic mass is 35.5. The number of aliphatic hydroxyl groups excluding tert-OH is 2. The molecule has 0 aliphatic rings. The number of carbonyl (C=O) groups excluding carboxylic acids is 5. The number of carbonyl (C=O) groups is 5. The largest absolute Gasteiger partial charge is 0.390 e. The zero-order chi connectivity index (χ0) is 94.1. The van der Waals surface area contributed by atoms with Gasteiger partial charge < -0.3 is 52.0 Å². The molecule has 17 nitrogen and oxygen atoms in total. The van der Waals surface area contributed by atoms with Gasteiger partial charge in [0.2, 0.25) is 28.9 Å². The Morgan fingerprint density at radius 2 is 0.488 bits per heavy atom. The molecule has 0 aromatic rings. The van der Waals surface area contributed by atoms with Crippen LogP contribution in [0.2, 0.25) is 0 Å². The van der Waals surface area contributed by atoms with Crippen molar-refractivity contribution in [3.63, 3.8) is 0 Å². The standard InChI is InChI=1S/C48H95N4O4P.C39H78N2O3.C18H35ClO.C3H10N2O.2CH4/c1-7-9-11-13-15-17-19-21-23-25-27-29-31-33-35-38-47(53)50-42-46(56-57(55-41-37-40-49)52(44(3)4)45(5)6)43-51-48(54)39-36-34-32-30-28-26-24-22-20-18-16-14-12-10-8-2;1-3-5-7-9-11-13-15-17-19-21-23-25-27-29-31-33-38(43)40-35-37(42)36-41-39(44)34-32-30-28-26-24-22-20-18-16-14-12-10-8-6-4-2;1-2-3-4-5-6-7-8-9-10-11-12-13-14-15-16-17-18(19)20;4-1-3(6)2-5;;/h44-46H,7-39,41-43H2,1-6H3,(H,50,53)(H,51,54);37,42H,3-36H2,1-2H3,(H,40,43)(H,41,44);2-17H2,1H3;3,6H,1-2,4-5H2;2*1H4. The average Bonchev–Trinajstić information content (AvgIpc) is 0.861. The smallest absolute Gasteiger partial charge is 0.259 e. The van der Waals surface area contributed by atoms with Crippen molar-refractivity contribution in [3.05, 3.63) is 0 Å². The Kier molecular flexibility index (Phi) is 125. The number of hydrogen-bond donors (Lipinski definition) is 8. The lowest BCUT2D eigenvalue weighted by molar-refractivity contribution is -0.123. The molecule has 0 aromatic carbocycles. The molecule has 0 saturated carbocycles. The number of nitrogens with one attached hydrogen (secondary N) is 4. The van der Waals surface area contributed by atoms with Crippen LogP contribution in [-0.2, 0) is 33.0 Å². The number of hydrogen-bond acceptors (Lipinski definition) is 13. The molecule has 772 valence electrons. The highest BCUT2D eigenvalue weighted by Gasteiger charge is 2.31. The van der Waals surface area contributed by atoms with E-state index in [0.29, 0.717) is 45.2 Å². The summed E-state index contributed by atoms with van der Waals surface area (Å²) in [6.07, 6.45) is 100. The predicted molar refractivity (Wildman–Crippen MR) is 564 cm³/mol. The van der Waals surface area contributed by atoms with E-state index in [1.807, 2.05) is 0 Å². The van der Waals surface area contributed by atoms with Crippen LogP contribution in [-0.4, -0.2) is 120 Å². The van der Waals surface area contributed by atoms with Gasteiger partial charge in [-0.15, -0.1) is 0 Å². The number of amides is 4. The van der Waals surface area contributed by atoms with Crippen molar-refractivity contribution in [2.24, 2.45) is 11.5 Å². The minimum absolute atomic E-state index is 0. The number of halogens is 1. The van der Waals surface area contributed by atoms with Crippen molar-refractivity contribution >= 4 is 49.0 Å². The Morgan fingerprint density at radius 3 is 0.651 bits per heavy atom. The maximum atomic E-state index is 12.9. The Hall–Kier alpha value is -2.52. The fraction of sp³-hybridized carbons (Fsp3) is 0.945. The van der Waals surface area contributed by atoms with E-state index in [9.17, 15) is 29.1 Å². The van der Waals surface area contributed by atoms with Crippen LogP contribution >= 0.6 is 20.1 Å². The number of aliphatic hydroxyl groups is 2. The summed E-state index contributed by atoms with van der Waals surface area (Å²) in [4.78, 5) is 60.5. The molecule has 129 heavy (non-hydrogen) atoms. The van der Waals surface area contributed by atoms with Crippen LogP contribution in [0.15, 0.2) is 0 Å². The van der Waals surface area contributed by atoms with Gasteiger partial charge in [0.25, 0.3) is 8.53 Å². The molecule has 0 aliphatic carbocycles. The molecule has 1 atom stereocenters. The molecule has 0 rings (SSSR count). The van der Waals surface area contributed by atoms with Crippen LogP contribution in [0, 0.1) is 11.3 Å². The van der Waals surface area contributed by atoms with Crippen molar-refractivity contribution in [2.45, 2.75) is 628 Å². The molecule has 0 fully saturated rings. The molecule has 19 heteroatoms. The summed E-state index contributed by atoms with van der Waals surface area (Å²) in [6, 6.07) is 2.49. The third-order valence-electron chi connectivity index (χ3n) is 24.6. The first-order valence-electron chi connectivity index (χ1n) is 55.2. The molecule has 0 spiro atoms. The van der Waals surface area contributed by atoms with Gasteiger partial charge in [-0.3, -0.25) is 24.0 Å². The summed E-state index contributed by atoms with van der Waals surface area (Å²) in [5.41, 5.74) is 9.91. The van der Waals surface area contributed by atoms with E-state index in [-0.39, 0.29) is 95.0 Å². The maximum Gasteiger partial charge on any atom is 0.259 e. The molecule has 0 saturated heterocycles. The Labute approximate surface area is 809 Å². The molecular formula is C110H226ClN8O9P. The highest BCUT2D eigenvalue weighted by Crippen LogP contribution is 2.47. The Balaban J connectivity index is -0.000000461. The van der Waals surface area contributed by atoms with Gasteiger partial charge in [0.05, 0.1) is 31.3 Å². The summed E-state index contributed by atoms with van der Waals surface area (Å²) in [6.45, 7) is 21.6. The quantitative estimate of drug-likeness (QED) is 0.0160. The molecular weight excluding hydrogens is 1640 g/mol. The van der Waals surface area contributed by atoms with Gasteiger partial charge in [0.1, 0.15) is 6.10 Å². The number of nitrogens with two attached hydrogens (primary N) is 2. The van der Waals surface area contributed by atoms with Crippen LogP contribution in [0.25, 0.3) is 0 Å². The number of nitrogens with zero attached hydrogens (tertiary/aromatic N) is 2. The summed E-state index contributed by atoms with van der Waals surface area (Å²) >= 11 is 5.30. The molecule has 0 radical (unpaired) electrons. The summed E-state index contributed by atoms with van der Waals surface area (Å²) < 4.78 is 14.9. The minimum Gasteiger partial charge on any atom is -0.390 e.